The van der Waals surface area contributed by atoms with Gasteiger partial charge in [0.25, 0.3) is 0 Å². The first-order chi connectivity index (χ1) is 13.9. The number of nitrogens with zero attached hydrogens (tertiary/aromatic N) is 2. The third-order valence-corrected chi connectivity index (χ3v) is 8.27. The van der Waals surface area contributed by atoms with E-state index < -0.39 is 10.0 Å². The van der Waals surface area contributed by atoms with Gasteiger partial charge in [0.1, 0.15) is 0 Å². The van der Waals surface area contributed by atoms with Crippen molar-refractivity contribution in [3.8, 4) is 0 Å². The van der Waals surface area contributed by atoms with Gasteiger partial charge in [-0.2, -0.15) is 0 Å². The molecule has 0 atom stereocenters. The summed E-state index contributed by atoms with van der Waals surface area (Å²) in [7, 11) is 1.31. The van der Waals surface area contributed by atoms with E-state index in [0.717, 1.165) is 6.54 Å². The van der Waals surface area contributed by atoms with Gasteiger partial charge in [0.15, 0.2) is 5.96 Å². The summed E-state index contributed by atoms with van der Waals surface area (Å²) >= 11 is 1.90. The van der Waals surface area contributed by atoms with E-state index in [1.54, 1.807) is 33.3 Å². The Morgan fingerprint density at radius 3 is 2.30 bits per heavy atom. The molecule has 0 amide bonds. The molecule has 2 N–H and O–H groups in total. The first kappa shape index (κ1) is 25.0. The van der Waals surface area contributed by atoms with Crippen LogP contribution in [0.4, 0.5) is 0 Å². The fourth-order valence-corrected chi connectivity index (χ4v) is 5.29. The number of thioether (sulfide) groups is 1. The molecule has 0 saturated heterocycles. The smallest absolute Gasteiger partial charge is 0.242 e. The number of hydrogen-bond donors (Lipinski definition) is 2. The number of sulfonamides is 1. The average Bonchev–Trinajstić information content (AvgIpc) is 3.48. The van der Waals surface area contributed by atoms with Gasteiger partial charge in [0, 0.05) is 43.9 Å². The third-order valence-electron chi connectivity index (χ3n) is 4.86. The highest BCUT2D eigenvalue weighted by atomic mass is 127. The van der Waals surface area contributed by atoms with Gasteiger partial charge in [-0.3, -0.25) is 4.99 Å². The fourth-order valence-electron chi connectivity index (χ4n) is 2.94. The van der Waals surface area contributed by atoms with Crippen LogP contribution < -0.4 is 10.6 Å². The number of aliphatic imine (C=N–C) groups is 1. The van der Waals surface area contributed by atoms with Crippen LogP contribution >= 0.6 is 35.7 Å². The molecule has 164 valence electrons. The Morgan fingerprint density at radius 2 is 1.70 bits per heavy atom. The lowest BCUT2D eigenvalue weighted by molar-refractivity contribution is 0.519. The molecule has 30 heavy (non-hydrogen) atoms. The summed E-state index contributed by atoms with van der Waals surface area (Å²) in [6.45, 7) is 1.19. The van der Waals surface area contributed by atoms with Crippen LogP contribution in [0.2, 0.25) is 0 Å². The maximum Gasteiger partial charge on any atom is 0.242 e. The standard InChI is InChI=1S/C21H28N4O2S2.HI/c1-22-20(24-16-21(13-14-21)28-18-10-5-4-6-11-18)23-15-17-9-7-8-12-19(17)29(26,27)25(2)3;/h4-12H,13-16H2,1-3H3,(H2,22,23,24);1H. The number of nitrogens with one attached hydrogen (secondary N) is 2. The molecular weight excluding hydrogens is 531 g/mol. The lowest BCUT2D eigenvalue weighted by atomic mass is 10.2. The zero-order valence-corrected chi connectivity index (χ0v) is 21.4. The van der Waals surface area contributed by atoms with Crippen molar-refractivity contribution in [3.63, 3.8) is 0 Å². The first-order valence-electron chi connectivity index (χ1n) is 9.55. The second-order valence-electron chi connectivity index (χ2n) is 7.27. The van der Waals surface area contributed by atoms with E-state index in [1.165, 1.54) is 22.0 Å². The highest BCUT2D eigenvalue weighted by Gasteiger charge is 2.43. The van der Waals surface area contributed by atoms with Gasteiger partial charge in [-0.25, -0.2) is 12.7 Å². The molecule has 1 aliphatic rings. The van der Waals surface area contributed by atoms with Gasteiger partial charge in [0.05, 0.1) is 4.90 Å². The summed E-state index contributed by atoms with van der Waals surface area (Å²) in [4.78, 5) is 5.88. The maximum absolute atomic E-state index is 12.6. The van der Waals surface area contributed by atoms with E-state index in [1.807, 2.05) is 30.0 Å². The lowest BCUT2D eigenvalue weighted by Crippen LogP contribution is -2.41. The second kappa shape index (κ2) is 10.8. The lowest BCUT2D eigenvalue weighted by Gasteiger charge is -2.19. The molecule has 9 heteroatoms. The largest absolute Gasteiger partial charge is 0.355 e. The average molecular weight is 561 g/mol. The van der Waals surface area contributed by atoms with E-state index in [0.29, 0.717) is 23.0 Å². The normalized spacial score (nSPS) is 15.4. The zero-order valence-electron chi connectivity index (χ0n) is 17.5. The summed E-state index contributed by atoms with van der Waals surface area (Å²) in [5.41, 5.74) is 0.712. The van der Waals surface area contributed by atoms with Crippen LogP contribution in [0.15, 0.2) is 69.4 Å². The van der Waals surface area contributed by atoms with Crippen LogP contribution in [-0.4, -0.2) is 51.1 Å². The van der Waals surface area contributed by atoms with Crippen molar-refractivity contribution < 1.29 is 8.42 Å². The monoisotopic (exact) mass is 560 g/mol. The van der Waals surface area contributed by atoms with Gasteiger partial charge in [-0.15, -0.1) is 35.7 Å². The summed E-state index contributed by atoms with van der Waals surface area (Å²) in [5, 5.41) is 6.65. The minimum absolute atomic E-state index is 0. The van der Waals surface area contributed by atoms with E-state index in [2.05, 4.69) is 39.9 Å². The van der Waals surface area contributed by atoms with Crippen molar-refractivity contribution in [1.29, 1.82) is 0 Å². The van der Waals surface area contributed by atoms with Gasteiger partial charge in [-0.1, -0.05) is 36.4 Å². The molecule has 6 nitrogen and oxygen atoms in total. The molecule has 0 radical (unpaired) electrons. The van der Waals surface area contributed by atoms with Crippen molar-refractivity contribution in [2.24, 2.45) is 4.99 Å². The fraction of sp³-hybridized carbons (Fsp3) is 0.381. The molecule has 1 saturated carbocycles. The van der Waals surface area contributed by atoms with Gasteiger partial charge < -0.3 is 10.6 Å². The Balaban J connectivity index is 0.00000320. The van der Waals surface area contributed by atoms with Gasteiger partial charge in [-0.05, 0) is 36.6 Å². The minimum atomic E-state index is -3.49. The quantitative estimate of drug-likeness (QED) is 0.294. The highest BCUT2D eigenvalue weighted by molar-refractivity contribution is 14.0. The molecule has 0 aliphatic heterocycles. The Labute approximate surface area is 201 Å². The SMILES string of the molecule is CN=C(NCc1ccccc1S(=O)(=O)N(C)C)NCC1(Sc2ccccc2)CC1.I. The summed E-state index contributed by atoms with van der Waals surface area (Å²) < 4.78 is 26.5. The number of guanidine groups is 1. The van der Waals surface area contributed by atoms with Crippen molar-refractivity contribution in [2.75, 3.05) is 27.7 Å². The Kier molecular flexibility index (Phi) is 9.01. The predicted molar refractivity (Wildman–Crippen MR) is 135 cm³/mol. The summed E-state index contributed by atoms with van der Waals surface area (Å²) in [6.07, 6.45) is 2.33. The van der Waals surface area contributed by atoms with Crippen molar-refractivity contribution in [2.45, 2.75) is 33.9 Å². The summed E-state index contributed by atoms with van der Waals surface area (Å²) in [5.74, 6) is 0.669. The predicted octanol–water partition coefficient (Wildman–Crippen LogP) is 3.54. The molecule has 0 unspecified atom stereocenters. The highest BCUT2D eigenvalue weighted by Crippen LogP contribution is 2.51. The maximum atomic E-state index is 12.6. The molecule has 0 bridgehead atoms. The molecule has 0 spiro atoms. The Morgan fingerprint density at radius 1 is 1.07 bits per heavy atom. The van der Waals surface area contributed by atoms with Crippen LogP contribution in [0, 0.1) is 0 Å². The number of rotatable bonds is 8. The molecule has 2 aromatic rings. The Bertz CT molecular complexity index is 962. The summed E-state index contributed by atoms with van der Waals surface area (Å²) in [6, 6.07) is 17.5. The van der Waals surface area contributed by atoms with Crippen molar-refractivity contribution in [1.82, 2.24) is 14.9 Å². The topological polar surface area (TPSA) is 73.8 Å². The molecular formula is C21H29IN4O2S2. The van der Waals surface area contributed by atoms with Crippen LogP contribution in [-0.2, 0) is 16.6 Å². The number of halogens is 1. The molecule has 3 rings (SSSR count). The van der Waals surface area contributed by atoms with Crippen LogP contribution in [0.5, 0.6) is 0 Å². The first-order valence-corrected chi connectivity index (χ1v) is 11.8. The zero-order chi connectivity index (χ0) is 20.9. The van der Waals surface area contributed by atoms with Crippen LogP contribution in [0.25, 0.3) is 0 Å². The van der Waals surface area contributed by atoms with Gasteiger partial charge >= 0.3 is 0 Å². The van der Waals surface area contributed by atoms with E-state index in [4.69, 9.17) is 0 Å². The minimum Gasteiger partial charge on any atom is -0.355 e. The van der Waals surface area contributed by atoms with Crippen molar-refractivity contribution in [3.05, 3.63) is 60.2 Å². The molecule has 1 fully saturated rings. The molecule has 0 heterocycles. The number of benzene rings is 2. The van der Waals surface area contributed by atoms with E-state index in [-0.39, 0.29) is 28.7 Å². The van der Waals surface area contributed by atoms with Crippen LogP contribution in [0.3, 0.4) is 0 Å². The van der Waals surface area contributed by atoms with E-state index >= 15 is 0 Å². The molecule has 1 aliphatic carbocycles. The Hall–Kier alpha value is -1.30. The number of hydrogen-bond acceptors (Lipinski definition) is 4. The van der Waals surface area contributed by atoms with Crippen LogP contribution in [0.1, 0.15) is 18.4 Å². The second-order valence-corrected chi connectivity index (χ2v) is 10.9. The molecule has 0 aromatic heterocycles. The van der Waals surface area contributed by atoms with Crippen molar-refractivity contribution >= 4 is 51.7 Å². The van der Waals surface area contributed by atoms with Gasteiger partial charge in [0.2, 0.25) is 10.0 Å². The van der Waals surface area contributed by atoms with E-state index in [9.17, 15) is 8.42 Å². The molecule has 2 aromatic carbocycles. The third kappa shape index (κ3) is 6.35.